The number of hydrogen-bond donors (Lipinski definition) is 2. The summed E-state index contributed by atoms with van der Waals surface area (Å²) in [5.41, 5.74) is 1.55. The Bertz CT molecular complexity index is 888. The normalized spacial score (nSPS) is 17.5. The first-order valence-corrected chi connectivity index (χ1v) is 9.47. The van der Waals surface area contributed by atoms with E-state index in [9.17, 15) is 9.59 Å². The van der Waals surface area contributed by atoms with Crippen molar-refractivity contribution >= 4 is 29.2 Å². The molecule has 2 aromatic carbocycles. The molecule has 2 N–H and O–H groups in total. The average molecular weight is 402 g/mol. The van der Waals surface area contributed by atoms with Crippen LogP contribution in [0.4, 0.5) is 10.5 Å². The molecule has 0 aromatic heterocycles. The minimum absolute atomic E-state index is 0.165. The molecule has 1 saturated heterocycles. The third kappa shape index (κ3) is 3.99. The number of carbonyl (C=O) groups is 2. The van der Waals surface area contributed by atoms with Gasteiger partial charge in [-0.3, -0.25) is 4.79 Å². The molecule has 4 rings (SSSR count). The molecule has 8 heteroatoms. The number of benzene rings is 2. The number of ether oxygens (including phenoxy) is 2. The number of nitrogens with zero attached hydrogens (tertiary/aromatic N) is 1. The molecule has 146 valence electrons. The zero-order valence-corrected chi connectivity index (χ0v) is 15.9. The van der Waals surface area contributed by atoms with Gasteiger partial charge in [0.2, 0.25) is 12.7 Å². The van der Waals surface area contributed by atoms with Crippen LogP contribution < -0.4 is 20.1 Å². The van der Waals surface area contributed by atoms with Gasteiger partial charge in [-0.2, -0.15) is 0 Å². The molecule has 0 saturated carbocycles. The Labute approximate surface area is 167 Å². The number of urea groups is 1. The van der Waals surface area contributed by atoms with Crippen LogP contribution in [0, 0.1) is 0 Å². The molecule has 1 atom stereocenters. The van der Waals surface area contributed by atoms with E-state index in [0.717, 1.165) is 12.0 Å². The lowest BCUT2D eigenvalue weighted by Gasteiger charge is -2.24. The van der Waals surface area contributed by atoms with Gasteiger partial charge in [0.15, 0.2) is 11.5 Å². The second-order valence-electron chi connectivity index (χ2n) is 6.69. The zero-order valence-electron chi connectivity index (χ0n) is 15.1. The van der Waals surface area contributed by atoms with Crippen LogP contribution in [0.2, 0.25) is 5.02 Å². The van der Waals surface area contributed by atoms with E-state index in [-0.39, 0.29) is 18.7 Å². The first-order valence-electron chi connectivity index (χ1n) is 9.09. The number of anilines is 1. The van der Waals surface area contributed by atoms with E-state index in [1.807, 2.05) is 18.2 Å². The van der Waals surface area contributed by atoms with E-state index in [0.29, 0.717) is 41.7 Å². The number of halogens is 1. The molecule has 0 spiro atoms. The van der Waals surface area contributed by atoms with Crippen LogP contribution >= 0.6 is 11.6 Å². The van der Waals surface area contributed by atoms with Crippen molar-refractivity contribution in [2.75, 3.05) is 18.7 Å². The number of carbonyl (C=O) groups excluding carboxylic acids is 2. The maximum absolute atomic E-state index is 12.7. The van der Waals surface area contributed by atoms with Gasteiger partial charge in [-0.05, 0) is 54.8 Å². The van der Waals surface area contributed by atoms with Gasteiger partial charge in [0.1, 0.15) is 6.04 Å². The highest BCUT2D eigenvalue weighted by Gasteiger charge is 2.34. The molecule has 0 aliphatic carbocycles. The van der Waals surface area contributed by atoms with Gasteiger partial charge in [-0.15, -0.1) is 0 Å². The van der Waals surface area contributed by atoms with Crippen LogP contribution in [0.25, 0.3) is 0 Å². The van der Waals surface area contributed by atoms with Crippen molar-refractivity contribution in [3.05, 3.63) is 53.1 Å². The summed E-state index contributed by atoms with van der Waals surface area (Å²) in [6.45, 7) is 1.12. The number of hydrogen-bond acceptors (Lipinski definition) is 4. The van der Waals surface area contributed by atoms with Gasteiger partial charge in [0, 0.05) is 23.8 Å². The highest BCUT2D eigenvalue weighted by Crippen LogP contribution is 2.32. The predicted octanol–water partition coefficient (Wildman–Crippen LogP) is 3.38. The second kappa shape index (κ2) is 7.98. The molecule has 2 heterocycles. The Hall–Kier alpha value is -2.93. The van der Waals surface area contributed by atoms with E-state index in [1.165, 1.54) is 0 Å². The number of likely N-dealkylation sites (tertiary alicyclic amines) is 1. The lowest BCUT2D eigenvalue weighted by molar-refractivity contribution is -0.124. The van der Waals surface area contributed by atoms with Gasteiger partial charge in [-0.1, -0.05) is 17.7 Å². The molecule has 2 aliphatic heterocycles. The van der Waals surface area contributed by atoms with Gasteiger partial charge < -0.3 is 25.0 Å². The van der Waals surface area contributed by atoms with Crippen molar-refractivity contribution in [3.8, 4) is 11.5 Å². The summed E-state index contributed by atoms with van der Waals surface area (Å²) >= 11 is 5.87. The van der Waals surface area contributed by atoms with E-state index >= 15 is 0 Å². The highest BCUT2D eigenvalue weighted by atomic mass is 35.5. The van der Waals surface area contributed by atoms with E-state index in [4.69, 9.17) is 21.1 Å². The standard InChI is InChI=1S/C20H20ClN3O4/c21-14-4-6-15(7-5-14)23-20(26)24-9-1-2-16(24)19(25)22-11-13-3-8-17-18(10-13)28-12-27-17/h3-8,10,16H,1-2,9,11-12H2,(H,22,25)(H,23,26)/t16-/m1/s1. The van der Waals surface area contributed by atoms with Crippen LogP contribution in [0.1, 0.15) is 18.4 Å². The van der Waals surface area contributed by atoms with Gasteiger partial charge in [-0.25, -0.2) is 4.79 Å². The summed E-state index contributed by atoms with van der Waals surface area (Å²) in [6, 6.07) is 11.6. The van der Waals surface area contributed by atoms with Crippen LogP contribution in [0.3, 0.4) is 0 Å². The van der Waals surface area contributed by atoms with E-state index < -0.39 is 6.04 Å². The Morgan fingerprint density at radius 3 is 2.71 bits per heavy atom. The molecule has 0 radical (unpaired) electrons. The molecule has 1 fully saturated rings. The lowest BCUT2D eigenvalue weighted by atomic mass is 10.1. The maximum Gasteiger partial charge on any atom is 0.322 e. The maximum atomic E-state index is 12.7. The quantitative estimate of drug-likeness (QED) is 0.823. The topological polar surface area (TPSA) is 79.9 Å². The summed E-state index contributed by atoms with van der Waals surface area (Å²) in [5.74, 6) is 1.22. The summed E-state index contributed by atoms with van der Waals surface area (Å²) in [7, 11) is 0. The Balaban J connectivity index is 1.35. The fourth-order valence-corrected chi connectivity index (χ4v) is 3.49. The monoisotopic (exact) mass is 401 g/mol. The molecule has 2 aliphatic rings. The second-order valence-corrected chi connectivity index (χ2v) is 7.13. The van der Waals surface area contributed by atoms with Crippen LogP contribution in [0.15, 0.2) is 42.5 Å². The Morgan fingerprint density at radius 1 is 1.11 bits per heavy atom. The highest BCUT2D eigenvalue weighted by molar-refractivity contribution is 6.30. The lowest BCUT2D eigenvalue weighted by Crippen LogP contribution is -2.47. The molecular weight excluding hydrogens is 382 g/mol. The minimum atomic E-state index is -0.485. The molecule has 0 bridgehead atoms. The molecule has 2 aromatic rings. The Kier molecular flexibility index (Phi) is 5.25. The summed E-state index contributed by atoms with van der Waals surface area (Å²) in [5, 5.41) is 6.33. The van der Waals surface area contributed by atoms with Crippen molar-refractivity contribution in [1.82, 2.24) is 10.2 Å². The minimum Gasteiger partial charge on any atom is -0.454 e. The van der Waals surface area contributed by atoms with Crippen molar-refractivity contribution in [2.24, 2.45) is 0 Å². The SMILES string of the molecule is O=C(NCc1ccc2c(c1)OCO2)[C@H]1CCCN1C(=O)Nc1ccc(Cl)cc1. The van der Waals surface area contributed by atoms with Crippen molar-refractivity contribution < 1.29 is 19.1 Å². The summed E-state index contributed by atoms with van der Waals surface area (Å²) in [4.78, 5) is 26.8. The van der Waals surface area contributed by atoms with Crippen LogP contribution in [0.5, 0.6) is 11.5 Å². The first-order chi connectivity index (χ1) is 13.6. The molecule has 28 heavy (non-hydrogen) atoms. The fourth-order valence-electron chi connectivity index (χ4n) is 3.37. The molecular formula is C20H20ClN3O4. The molecule has 7 nitrogen and oxygen atoms in total. The fraction of sp³-hybridized carbons (Fsp3) is 0.300. The Morgan fingerprint density at radius 2 is 1.89 bits per heavy atom. The number of amides is 3. The van der Waals surface area contributed by atoms with E-state index in [1.54, 1.807) is 29.2 Å². The third-order valence-corrected chi connectivity index (χ3v) is 5.07. The number of fused-ring (bicyclic) bond motifs is 1. The molecule has 0 unspecified atom stereocenters. The summed E-state index contributed by atoms with van der Waals surface area (Å²) in [6.07, 6.45) is 1.43. The van der Waals surface area contributed by atoms with Crippen molar-refractivity contribution in [2.45, 2.75) is 25.4 Å². The number of rotatable bonds is 4. The zero-order chi connectivity index (χ0) is 19.5. The summed E-state index contributed by atoms with van der Waals surface area (Å²) < 4.78 is 10.6. The largest absolute Gasteiger partial charge is 0.454 e. The van der Waals surface area contributed by atoms with Crippen molar-refractivity contribution in [1.29, 1.82) is 0 Å². The molecule has 3 amide bonds. The van der Waals surface area contributed by atoms with Crippen LogP contribution in [-0.2, 0) is 11.3 Å². The van der Waals surface area contributed by atoms with Gasteiger partial charge >= 0.3 is 6.03 Å². The number of nitrogens with one attached hydrogen (secondary N) is 2. The average Bonchev–Trinajstić information content (AvgIpc) is 3.36. The predicted molar refractivity (Wildman–Crippen MR) is 105 cm³/mol. The van der Waals surface area contributed by atoms with Crippen LogP contribution in [-0.4, -0.2) is 36.2 Å². The smallest absolute Gasteiger partial charge is 0.322 e. The van der Waals surface area contributed by atoms with E-state index in [2.05, 4.69) is 10.6 Å². The first kappa shape index (κ1) is 18.4. The van der Waals surface area contributed by atoms with Gasteiger partial charge in [0.25, 0.3) is 0 Å². The third-order valence-electron chi connectivity index (χ3n) is 4.82. The van der Waals surface area contributed by atoms with Gasteiger partial charge in [0.05, 0.1) is 0 Å². The van der Waals surface area contributed by atoms with Crippen molar-refractivity contribution in [3.63, 3.8) is 0 Å².